The van der Waals surface area contributed by atoms with Gasteiger partial charge in [0, 0.05) is 11.8 Å². The third kappa shape index (κ3) is 5.95. The van der Waals surface area contributed by atoms with Crippen LogP contribution < -0.4 is 14.8 Å². The summed E-state index contributed by atoms with van der Waals surface area (Å²) in [5.41, 5.74) is -0.217. The maximum absolute atomic E-state index is 13.4. The third-order valence-corrected chi connectivity index (χ3v) is 5.21. The maximum Gasteiger partial charge on any atom is 0.573 e. The van der Waals surface area contributed by atoms with E-state index in [0.29, 0.717) is 0 Å². The van der Waals surface area contributed by atoms with Gasteiger partial charge in [0.15, 0.2) is 0 Å². The summed E-state index contributed by atoms with van der Waals surface area (Å²) in [5, 5.41) is 2.38. The third-order valence-electron chi connectivity index (χ3n) is 3.85. The topological polar surface area (TPSA) is 84.5 Å². The van der Waals surface area contributed by atoms with Gasteiger partial charge in [0.1, 0.15) is 11.6 Å². The zero-order chi connectivity index (χ0) is 22.6. The average Bonchev–Trinajstić information content (AvgIpc) is 2.67. The van der Waals surface area contributed by atoms with Crippen LogP contribution >= 0.6 is 0 Å². The van der Waals surface area contributed by atoms with Crippen LogP contribution in [0.1, 0.15) is 10.4 Å². The number of sulfonamides is 1. The lowest BCUT2D eigenvalue weighted by atomic mass is 10.1. The summed E-state index contributed by atoms with van der Waals surface area (Å²) >= 11 is 0. The quantitative estimate of drug-likeness (QED) is 0.525. The Labute approximate surface area is 174 Å². The monoisotopic (exact) mass is 454 g/mol. The van der Waals surface area contributed by atoms with Crippen molar-refractivity contribution < 1.29 is 35.5 Å². The number of ether oxygens (including phenoxy) is 1. The molecule has 2 N–H and O–H groups in total. The molecule has 0 aliphatic carbocycles. The molecule has 0 saturated carbocycles. The highest BCUT2D eigenvalue weighted by atomic mass is 32.2. The smallest absolute Gasteiger partial charge is 0.406 e. The van der Waals surface area contributed by atoms with Gasteiger partial charge in [-0.15, -0.1) is 13.2 Å². The first-order valence-corrected chi connectivity index (χ1v) is 10.1. The lowest BCUT2D eigenvalue weighted by Gasteiger charge is -2.14. The Balaban J connectivity index is 1.83. The van der Waals surface area contributed by atoms with Crippen molar-refractivity contribution in [3.63, 3.8) is 0 Å². The highest BCUT2D eigenvalue weighted by Crippen LogP contribution is 2.26. The van der Waals surface area contributed by atoms with Gasteiger partial charge < -0.3 is 10.1 Å². The van der Waals surface area contributed by atoms with Crippen LogP contribution in [0.3, 0.4) is 0 Å². The summed E-state index contributed by atoms with van der Waals surface area (Å²) in [6.07, 6.45) is -4.90. The van der Waals surface area contributed by atoms with E-state index in [2.05, 4.69) is 14.8 Å². The fourth-order valence-corrected chi connectivity index (χ4v) is 3.69. The highest BCUT2D eigenvalue weighted by Gasteiger charge is 2.31. The number of rotatable bonds is 6. The van der Waals surface area contributed by atoms with E-state index in [0.717, 1.165) is 24.3 Å². The molecular formula is C20H14F4N2O4S. The van der Waals surface area contributed by atoms with E-state index in [1.54, 1.807) is 0 Å². The van der Waals surface area contributed by atoms with Gasteiger partial charge in [-0.05, 0) is 42.5 Å². The molecule has 162 valence electrons. The first kappa shape index (κ1) is 22.1. The number of hydrogen-bond donors (Lipinski definition) is 2. The summed E-state index contributed by atoms with van der Waals surface area (Å²) in [5.74, 6) is -2.08. The van der Waals surface area contributed by atoms with Gasteiger partial charge in [0.05, 0.1) is 16.1 Å². The molecule has 0 fully saturated rings. The van der Waals surface area contributed by atoms with E-state index < -0.39 is 33.9 Å². The number of para-hydroxylation sites is 1. The number of anilines is 2. The summed E-state index contributed by atoms with van der Waals surface area (Å²) in [7, 11) is -4.21. The highest BCUT2D eigenvalue weighted by molar-refractivity contribution is 7.92. The minimum absolute atomic E-state index is 0.00505. The molecule has 0 atom stereocenters. The predicted octanol–water partition coefficient (Wildman–Crippen LogP) is 4.78. The van der Waals surface area contributed by atoms with Crippen molar-refractivity contribution >= 4 is 27.3 Å². The van der Waals surface area contributed by atoms with Crippen LogP contribution in [0, 0.1) is 5.82 Å². The van der Waals surface area contributed by atoms with E-state index in [1.807, 2.05) is 0 Å². The molecule has 11 heteroatoms. The fraction of sp³-hybridized carbons (Fsp3) is 0.0500. The minimum Gasteiger partial charge on any atom is -0.406 e. The Kier molecular flexibility index (Phi) is 6.16. The number of carbonyl (C=O) groups is 1. The molecule has 0 heterocycles. The van der Waals surface area contributed by atoms with Gasteiger partial charge in [-0.2, -0.15) is 0 Å². The number of nitrogens with one attached hydrogen (secondary N) is 2. The molecule has 0 radical (unpaired) electrons. The Morgan fingerprint density at radius 3 is 2.32 bits per heavy atom. The van der Waals surface area contributed by atoms with Crippen molar-refractivity contribution in [1.29, 1.82) is 0 Å². The van der Waals surface area contributed by atoms with Crippen LogP contribution in [0.5, 0.6) is 5.75 Å². The Morgan fingerprint density at radius 2 is 1.61 bits per heavy atom. The summed E-state index contributed by atoms with van der Waals surface area (Å²) in [6, 6.07) is 14.5. The predicted molar refractivity (Wildman–Crippen MR) is 105 cm³/mol. The van der Waals surface area contributed by atoms with Gasteiger partial charge in [-0.3, -0.25) is 9.52 Å². The van der Waals surface area contributed by atoms with Crippen LogP contribution in [0.15, 0.2) is 77.7 Å². The molecule has 0 aliphatic rings. The van der Waals surface area contributed by atoms with Crippen LogP contribution in [-0.2, 0) is 10.0 Å². The van der Waals surface area contributed by atoms with Gasteiger partial charge in [-0.1, -0.05) is 24.3 Å². The molecule has 0 saturated heterocycles. The maximum atomic E-state index is 13.4. The Hall–Kier alpha value is -3.60. The molecule has 0 bridgehead atoms. The lowest BCUT2D eigenvalue weighted by molar-refractivity contribution is -0.274. The standard InChI is InChI=1S/C20H14F4N2O4S/c21-13-5-3-8-16(11-13)31(28,29)26-18-10-2-1-9-17(18)19(27)25-14-6-4-7-15(12-14)30-20(22,23)24/h1-12,26H,(H,25,27). The zero-order valence-corrected chi connectivity index (χ0v) is 16.3. The van der Waals surface area contributed by atoms with E-state index >= 15 is 0 Å². The van der Waals surface area contributed by atoms with Crippen LogP contribution in [0.2, 0.25) is 0 Å². The van der Waals surface area contributed by atoms with Crippen molar-refractivity contribution in [2.45, 2.75) is 11.3 Å². The van der Waals surface area contributed by atoms with Gasteiger partial charge in [-0.25, -0.2) is 12.8 Å². The van der Waals surface area contributed by atoms with E-state index in [1.165, 1.54) is 48.5 Å². The van der Waals surface area contributed by atoms with Crippen molar-refractivity contribution in [3.05, 3.63) is 84.2 Å². The van der Waals surface area contributed by atoms with Crippen LogP contribution in [0.4, 0.5) is 28.9 Å². The second-order valence-corrected chi connectivity index (χ2v) is 7.82. The van der Waals surface area contributed by atoms with Gasteiger partial charge >= 0.3 is 6.36 Å². The molecule has 3 rings (SSSR count). The molecule has 0 unspecified atom stereocenters. The van der Waals surface area contributed by atoms with E-state index in [4.69, 9.17) is 0 Å². The summed E-state index contributed by atoms with van der Waals surface area (Å²) in [6.45, 7) is 0. The van der Waals surface area contributed by atoms with Crippen LogP contribution in [0.25, 0.3) is 0 Å². The van der Waals surface area contributed by atoms with Crippen molar-refractivity contribution in [2.75, 3.05) is 10.0 Å². The van der Waals surface area contributed by atoms with Crippen molar-refractivity contribution in [2.24, 2.45) is 0 Å². The molecule has 3 aromatic carbocycles. The number of halogens is 4. The molecule has 1 amide bonds. The molecule has 6 nitrogen and oxygen atoms in total. The molecule has 0 spiro atoms. The molecule has 31 heavy (non-hydrogen) atoms. The van der Waals surface area contributed by atoms with Crippen molar-refractivity contribution in [1.82, 2.24) is 0 Å². The number of amides is 1. The van der Waals surface area contributed by atoms with Gasteiger partial charge in [0.25, 0.3) is 15.9 Å². The summed E-state index contributed by atoms with van der Waals surface area (Å²) < 4.78 is 81.6. The van der Waals surface area contributed by atoms with Crippen LogP contribution in [-0.4, -0.2) is 20.7 Å². The minimum atomic E-state index is -4.90. The largest absolute Gasteiger partial charge is 0.573 e. The van der Waals surface area contributed by atoms with E-state index in [-0.39, 0.29) is 21.8 Å². The van der Waals surface area contributed by atoms with E-state index in [9.17, 15) is 30.8 Å². The molecule has 3 aromatic rings. The first-order valence-electron chi connectivity index (χ1n) is 8.58. The zero-order valence-electron chi connectivity index (χ0n) is 15.5. The van der Waals surface area contributed by atoms with Crippen molar-refractivity contribution in [3.8, 4) is 5.75 Å². The van der Waals surface area contributed by atoms with Gasteiger partial charge in [0.2, 0.25) is 0 Å². The summed E-state index contributed by atoms with van der Waals surface area (Å²) in [4.78, 5) is 12.3. The SMILES string of the molecule is O=C(Nc1cccc(OC(F)(F)F)c1)c1ccccc1NS(=O)(=O)c1cccc(F)c1. The number of benzene rings is 3. The normalized spacial score (nSPS) is 11.6. The Bertz CT molecular complexity index is 1210. The fourth-order valence-electron chi connectivity index (χ4n) is 2.58. The number of alkyl halides is 3. The number of carbonyl (C=O) groups excluding carboxylic acids is 1. The molecular weight excluding hydrogens is 440 g/mol. The molecule has 0 aromatic heterocycles. The number of hydrogen-bond acceptors (Lipinski definition) is 4. The molecule has 0 aliphatic heterocycles. The lowest BCUT2D eigenvalue weighted by Crippen LogP contribution is -2.19. The average molecular weight is 454 g/mol. The second-order valence-electron chi connectivity index (χ2n) is 6.14. The second kappa shape index (κ2) is 8.64. The first-order chi connectivity index (χ1) is 14.5. The Morgan fingerprint density at radius 1 is 0.903 bits per heavy atom.